The summed E-state index contributed by atoms with van der Waals surface area (Å²) in [6, 6.07) is 41.3. The molecule has 7 heterocycles. The number of nitrogens with zero attached hydrogens (tertiary/aromatic N) is 5. The molecular weight excluding hydrogens is 575 g/mol. The molecule has 5 aromatic carbocycles. The molecule has 0 aliphatic carbocycles. The lowest BCUT2D eigenvalue weighted by Crippen LogP contribution is -2.76. The monoisotopic (exact) mass is 595 g/mol. The number of benzene rings is 5. The summed E-state index contributed by atoms with van der Waals surface area (Å²) in [7, 11) is 0. The van der Waals surface area contributed by atoms with Gasteiger partial charge < -0.3 is 4.74 Å². The molecule has 0 fully saturated rings. The molecule has 6 nitrogen and oxygen atoms in total. The second kappa shape index (κ2) is 7.46. The van der Waals surface area contributed by atoms with Crippen LogP contribution in [0.15, 0.2) is 128 Å². The zero-order valence-electron chi connectivity index (χ0n) is 23.7. The van der Waals surface area contributed by atoms with Gasteiger partial charge in [-0.25, -0.2) is 0 Å². The molecule has 208 valence electrons. The molecule has 1 atom stereocenters. The standard InChI is InChI=1S/C38H21N5OS/c1-3-11-28-23(8-1)25-10-7-19-40-37(25)42(28)29-12-5-14-31-35(29)38(40)36-30(13-6-15-32(36)44-31)43-39-27(21-41(38)43)22-17-18-34-26(20-22)24-9-2-4-16-33(24)45-34/h1-21H/q+2. The van der Waals surface area contributed by atoms with Gasteiger partial charge in [0.1, 0.15) is 39.5 Å². The maximum atomic E-state index is 6.73. The third-order valence-electron chi connectivity index (χ3n) is 10.00. The van der Waals surface area contributed by atoms with Crippen molar-refractivity contribution in [2.75, 3.05) is 0 Å². The van der Waals surface area contributed by atoms with E-state index in [1.54, 1.807) is 0 Å². The largest absolute Gasteiger partial charge is 0.456 e. The highest BCUT2D eigenvalue weighted by atomic mass is 32.1. The fourth-order valence-electron chi connectivity index (χ4n) is 8.31. The van der Waals surface area contributed by atoms with Crippen LogP contribution in [0, 0.1) is 0 Å². The quantitative estimate of drug-likeness (QED) is 0.183. The van der Waals surface area contributed by atoms with E-state index in [-0.39, 0.29) is 0 Å². The molecule has 7 heteroatoms. The molecule has 0 amide bonds. The Morgan fingerprint density at radius 2 is 1.42 bits per heavy atom. The number of para-hydroxylation sites is 1. The van der Waals surface area contributed by atoms with Crippen molar-refractivity contribution in [2.45, 2.75) is 5.66 Å². The molecule has 12 rings (SSSR count). The van der Waals surface area contributed by atoms with Crippen molar-refractivity contribution in [3.63, 3.8) is 0 Å². The number of rotatable bonds is 1. The summed E-state index contributed by atoms with van der Waals surface area (Å²) >= 11 is 1.84. The summed E-state index contributed by atoms with van der Waals surface area (Å²) in [5.41, 5.74) is 8.01. The van der Waals surface area contributed by atoms with Gasteiger partial charge in [0.2, 0.25) is 5.69 Å². The fourth-order valence-corrected chi connectivity index (χ4v) is 9.39. The lowest BCUT2D eigenvalue weighted by molar-refractivity contribution is -0.989. The minimum atomic E-state index is -0.732. The summed E-state index contributed by atoms with van der Waals surface area (Å²) in [5, 5.41) is 10.3. The molecule has 0 saturated heterocycles. The topological polar surface area (TPSA) is 39.7 Å². The summed E-state index contributed by atoms with van der Waals surface area (Å²) in [6.45, 7) is 0. The average Bonchev–Trinajstić information content (AvgIpc) is 3.83. The van der Waals surface area contributed by atoms with Gasteiger partial charge in [-0.3, -0.25) is 0 Å². The predicted octanol–water partition coefficient (Wildman–Crippen LogP) is 7.61. The van der Waals surface area contributed by atoms with Crippen LogP contribution in [0.5, 0.6) is 11.5 Å². The summed E-state index contributed by atoms with van der Waals surface area (Å²) < 4.78 is 16.5. The van der Waals surface area contributed by atoms with Gasteiger partial charge in [-0.2, -0.15) is 9.13 Å². The van der Waals surface area contributed by atoms with E-state index in [9.17, 15) is 0 Å². The van der Waals surface area contributed by atoms with Gasteiger partial charge in [0.05, 0.1) is 16.7 Å². The van der Waals surface area contributed by atoms with E-state index in [0.717, 1.165) is 50.9 Å². The van der Waals surface area contributed by atoms with Crippen LogP contribution in [0.4, 0.5) is 0 Å². The SMILES string of the molecule is c1cc2c3c(c1)-n1c4ccccc4c4ccc[n+](c41)C31c3c(cccc3-n3nc(-c4ccc5sc6ccccc6c5c4)c[n+]31)O2. The van der Waals surface area contributed by atoms with Crippen molar-refractivity contribution >= 4 is 53.4 Å². The summed E-state index contributed by atoms with van der Waals surface area (Å²) in [6.07, 6.45) is 4.46. The van der Waals surface area contributed by atoms with Crippen molar-refractivity contribution < 1.29 is 14.0 Å². The van der Waals surface area contributed by atoms with E-state index in [2.05, 4.69) is 146 Å². The van der Waals surface area contributed by atoms with Crippen molar-refractivity contribution in [3.8, 4) is 34.1 Å². The van der Waals surface area contributed by atoms with E-state index >= 15 is 0 Å². The highest BCUT2D eigenvalue weighted by Crippen LogP contribution is 2.54. The first-order valence-corrected chi connectivity index (χ1v) is 16.0. The normalized spacial score (nSPS) is 16.7. The molecule has 3 aliphatic heterocycles. The van der Waals surface area contributed by atoms with E-state index in [1.165, 1.54) is 36.5 Å². The number of hydrogen-bond acceptors (Lipinski definition) is 3. The van der Waals surface area contributed by atoms with Crippen molar-refractivity contribution in [1.82, 2.24) is 14.5 Å². The zero-order valence-corrected chi connectivity index (χ0v) is 24.5. The zero-order chi connectivity index (χ0) is 29.0. The molecule has 1 spiro atoms. The molecule has 0 N–H and O–H groups in total. The third-order valence-corrected chi connectivity index (χ3v) is 11.2. The number of ether oxygens (including phenoxy) is 1. The van der Waals surface area contributed by atoms with Crippen LogP contribution in [0.3, 0.4) is 0 Å². The van der Waals surface area contributed by atoms with Gasteiger partial charge in [-0.15, -0.1) is 11.3 Å². The fraction of sp³-hybridized carbons (Fsp3) is 0.0263. The smallest absolute Gasteiger partial charge is 0.337 e. The second-order valence-corrected chi connectivity index (χ2v) is 13.2. The van der Waals surface area contributed by atoms with Gasteiger partial charge in [0, 0.05) is 31.1 Å². The Bertz CT molecular complexity index is 2820. The van der Waals surface area contributed by atoms with Gasteiger partial charge in [-0.1, -0.05) is 47.1 Å². The second-order valence-electron chi connectivity index (χ2n) is 12.1. The molecule has 4 aromatic heterocycles. The first kappa shape index (κ1) is 22.7. The maximum Gasteiger partial charge on any atom is 0.337 e. The Hall–Kier alpha value is -5.79. The number of fused-ring (bicyclic) bond motifs is 9. The lowest BCUT2D eigenvalue weighted by Gasteiger charge is -2.35. The Balaban J connectivity index is 1.23. The van der Waals surface area contributed by atoms with Crippen molar-refractivity contribution in [1.29, 1.82) is 0 Å². The van der Waals surface area contributed by atoms with Crippen LogP contribution < -0.4 is 14.0 Å². The van der Waals surface area contributed by atoms with Gasteiger partial charge in [0.25, 0.3) is 5.65 Å². The lowest BCUT2D eigenvalue weighted by atomic mass is 9.84. The number of hydrogen-bond donors (Lipinski definition) is 0. The van der Waals surface area contributed by atoms with Crippen molar-refractivity contribution in [2.24, 2.45) is 0 Å². The van der Waals surface area contributed by atoms with Crippen LogP contribution >= 0.6 is 11.3 Å². The minimum Gasteiger partial charge on any atom is -0.456 e. The van der Waals surface area contributed by atoms with Crippen LogP contribution in [-0.4, -0.2) is 14.5 Å². The molecule has 3 aliphatic rings. The molecular formula is C38H21N5OS+2. The van der Waals surface area contributed by atoms with Gasteiger partial charge in [-0.05, 0) is 77.6 Å². The highest BCUT2D eigenvalue weighted by molar-refractivity contribution is 7.25. The Morgan fingerprint density at radius 3 is 2.33 bits per heavy atom. The first-order chi connectivity index (χ1) is 22.3. The Kier molecular flexibility index (Phi) is 3.76. The van der Waals surface area contributed by atoms with E-state index in [4.69, 9.17) is 9.84 Å². The predicted molar refractivity (Wildman–Crippen MR) is 175 cm³/mol. The van der Waals surface area contributed by atoms with Gasteiger partial charge >= 0.3 is 5.66 Å². The van der Waals surface area contributed by atoms with Gasteiger partial charge in [0.15, 0.2) is 6.20 Å². The number of pyridine rings is 1. The molecule has 1 unspecified atom stereocenters. The third kappa shape index (κ3) is 2.44. The van der Waals surface area contributed by atoms with E-state index in [1.807, 2.05) is 11.3 Å². The molecule has 0 radical (unpaired) electrons. The Labute approximate surface area is 259 Å². The van der Waals surface area contributed by atoms with E-state index in [0.29, 0.717) is 0 Å². The Morgan fingerprint density at radius 1 is 0.667 bits per heavy atom. The molecule has 0 saturated carbocycles. The number of thiophene rings is 1. The maximum absolute atomic E-state index is 6.73. The highest BCUT2D eigenvalue weighted by Gasteiger charge is 2.66. The van der Waals surface area contributed by atoms with E-state index < -0.39 is 5.66 Å². The first-order valence-electron chi connectivity index (χ1n) is 15.1. The van der Waals surface area contributed by atoms with Crippen molar-refractivity contribution in [3.05, 3.63) is 139 Å². The van der Waals surface area contributed by atoms with Crippen LogP contribution in [0.2, 0.25) is 0 Å². The molecule has 0 bridgehead atoms. The van der Waals surface area contributed by atoms with Crippen LogP contribution in [-0.2, 0) is 5.66 Å². The molecule has 9 aromatic rings. The number of aromatic nitrogens is 5. The van der Waals surface area contributed by atoms with Crippen LogP contribution in [0.1, 0.15) is 11.1 Å². The summed E-state index contributed by atoms with van der Waals surface area (Å²) in [5.74, 6) is 1.72. The molecule has 45 heavy (non-hydrogen) atoms. The minimum absolute atomic E-state index is 0.732. The average molecular weight is 596 g/mol. The van der Waals surface area contributed by atoms with Crippen LogP contribution in [0.25, 0.3) is 64.7 Å². The summed E-state index contributed by atoms with van der Waals surface area (Å²) in [4.78, 5) is 2.09.